The van der Waals surface area contributed by atoms with Crippen molar-refractivity contribution in [1.29, 1.82) is 0 Å². The fraction of sp³-hybridized carbons (Fsp3) is 0.682. The van der Waals surface area contributed by atoms with E-state index in [1.54, 1.807) is 0 Å². The van der Waals surface area contributed by atoms with Gasteiger partial charge in [0, 0.05) is 38.7 Å². The third kappa shape index (κ3) is 4.14. The molecule has 5 nitrogen and oxygen atoms in total. The third-order valence-electron chi connectivity index (χ3n) is 6.63. The summed E-state index contributed by atoms with van der Waals surface area (Å²) in [6, 6.07) is 9.47. The van der Waals surface area contributed by atoms with Crippen molar-refractivity contribution in [1.82, 2.24) is 15.1 Å². The molecular formula is C22H34N4O. The summed E-state index contributed by atoms with van der Waals surface area (Å²) in [4.78, 5) is 9.66. The van der Waals surface area contributed by atoms with Crippen molar-refractivity contribution in [3.05, 3.63) is 35.4 Å². The van der Waals surface area contributed by atoms with E-state index in [0.717, 1.165) is 38.8 Å². The number of rotatable bonds is 4. The van der Waals surface area contributed by atoms with E-state index in [1.807, 2.05) is 7.05 Å². The lowest BCUT2D eigenvalue weighted by atomic mass is 9.87. The zero-order chi connectivity index (χ0) is 18.7. The van der Waals surface area contributed by atoms with Crippen LogP contribution in [0.2, 0.25) is 0 Å². The topological polar surface area (TPSA) is 40.1 Å². The van der Waals surface area contributed by atoms with E-state index in [1.165, 1.54) is 49.9 Å². The minimum Gasteiger partial charge on any atom is -0.381 e. The van der Waals surface area contributed by atoms with Crippen molar-refractivity contribution in [2.24, 2.45) is 10.4 Å². The Morgan fingerprint density at radius 2 is 1.96 bits per heavy atom. The van der Waals surface area contributed by atoms with Gasteiger partial charge in [0.1, 0.15) is 0 Å². The summed E-state index contributed by atoms with van der Waals surface area (Å²) in [5.41, 5.74) is 3.10. The van der Waals surface area contributed by atoms with Crippen LogP contribution in [0.4, 0.5) is 0 Å². The molecule has 3 heterocycles. The first-order valence-electron chi connectivity index (χ1n) is 10.5. The summed E-state index contributed by atoms with van der Waals surface area (Å²) in [5.74, 6) is 1.05. The fourth-order valence-corrected chi connectivity index (χ4v) is 4.91. The monoisotopic (exact) mass is 370 g/mol. The highest BCUT2D eigenvalue weighted by molar-refractivity contribution is 5.80. The highest BCUT2D eigenvalue weighted by Gasteiger charge is 2.42. The van der Waals surface area contributed by atoms with Gasteiger partial charge in [-0.3, -0.25) is 9.89 Å². The molecule has 1 aromatic carbocycles. The number of likely N-dealkylation sites (tertiary alicyclic amines) is 2. The molecule has 2 unspecified atom stereocenters. The Labute approximate surface area is 163 Å². The predicted octanol–water partition coefficient (Wildman–Crippen LogP) is 2.82. The zero-order valence-corrected chi connectivity index (χ0v) is 16.9. The van der Waals surface area contributed by atoms with E-state index < -0.39 is 0 Å². The molecule has 1 aromatic rings. The molecule has 0 saturated carbocycles. The smallest absolute Gasteiger partial charge is 0.193 e. The molecular weight excluding hydrogens is 336 g/mol. The Balaban J connectivity index is 1.42. The van der Waals surface area contributed by atoms with Crippen LogP contribution in [-0.2, 0) is 4.74 Å². The summed E-state index contributed by atoms with van der Waals surface area (Å²) in [5, 5.41) is 3.70. The van der Waals surface area contributed by atoms with Crippen molar-refractivity contribution in [3.8, 4) is 0 Å². The average molecular weight is 371 g/mol. The number of nitrogens with one attached hydrogen (secondary N) is 1. The number of nitrogens with zero attached hydrogens (tertiary/aromatic N) is 3. The van der Waals surface area contributed by atoms with Crippen molar-refractivity contribution < 1.29 is 4.74 Å². The second-order valence-electron chi connectivity index (χ2n) is 8.57. The standard InChI is InChI=1S/C22H34N4O/c1-18-5-7-19(8-6-18)20(25-11-3-4-12-25)15-24-21(23-2)26-13-9-22(16-26)10-14-27-17-22/h5-8,20H,3-4,9-17H2,1-2H3,(H,23,24). The molecule has 3 aliphatic heterocycles. The van der Waals surface area contributed by atoms with E-state index in [4.69, 9.17) is 4.74 Å². The summed E-state index contributed by atoms with van der Waals surface area (Å²) in [6.45, 7) is 9.46. The van der Waals surface area contributed by atoms with Gasteiger partial charge in [-0.1, -0.05) is 29.8 Å². The van der Waals surface area contributed by atoms with E-state index in [2.05, 4.69) is 51.3 Å². The van der Waals surface area contributed by atoms with Crippen molar-refractivity contribution in [3.63, 3.8) is 0 Å². The largest absolute Gasteiger partial charge is 0.381 e. The lowest BCUT2D eigenvalue weighted by molar-refractivity contribution is 0.156. The van der Waals surface area contributed by atoms with E-state index in [0.29, 0.717) is 11.5 Å². The normalized spacial score (nSPS) is 27.6. The molecule has 3 saturated heterocycles. The minimum atomic E-state index is 0.364. The van der Waals surface area contributed by atoms with Crippen LogP contribution in [0.1, 0.15) is 42.9 Å². The van der Waals surface area contributed by atoms with Crippen LogP contribution in [0.3, 0.4) is 0 Å². The first-order chi connectivity index (χ1) is 13.2. The summed E-state index contributed by atoms with van der Waals surface area (Å²) < 4.78 is 5.68. The van der Waals surface area contributed by atoms with Crippen LogP contribution in [-0.4, -0.2) is 68.7 Å². The summed E-state index contributed by atoms with van der Waals surface area (Å²) >= 11 is 0. The van der Waals surface area contributed by atoms with Crippen molar-refractivity contribution in [2.75, 3.05) is 53.0 Å². The predicted molar refractivity (Wildman–Crippen MR) is 110 cm³/mol. The maximum absolute atomic E-state index is 5.68. The molecule has 1 N–H and O–H groups in total. The SMILES string of the molecule is CN=C(NCC(c1ccc(C)cc1)N1CCCC1)N1CCC2(CCOC2)C1. The molecule has 0 amide bonds. The van der Waals surface area contributed by atoms with Crippen LogP contribution >= 0.6 is 0 Å². The molecule has 5 heteroatoms. The number of hydrogen-bond donors (Lipinski definition) is 1. The van der Waals surface area contributed by atoms with Gasteiger partial charge >= 0.3 is 0 Å². The van der Waals surface area contributed by atoms with Crippen LogP contribution < -0.4 is 5.32 Å². The molecule has 1 spiro atoms. The Bertz CT molecular complexity index is 645. The molecule has 0 aromatic heterocycles. The molecule has 2 atom stereocenters. The Morgan fingerprint density at radius 1 is 1.19 bits per heavy atom. The highest BCUT2D eigenvalue weighted by atomic mass is 16.5. The third-order valence-corrected chi connectivity index (χ3v) is 6.63. The van der Waals surface area contributed by atoms with Gasteiger partial charge in [0.2, 0.25) is 0 Å². The lowest BCUT2D eigenvalue weighted by Crippen LogP contribution is -2.45. The average Bonchev–Trinajstić information content (AvgIpc) is 3.44. The Hall–Kier alpha value is -1.59. The Kier molecular flexibility index (Phi) is 5.69. The van der Waals surface area contributed by atoms with Crippen molar-refractivity contribution >= 4 is 5.96 Å². The second kappa shape index (κ2) is 8.19. The van der Waals surface area contributed by atoms with Gasteiger partial charge in [-0.2, -0.15) is 0 Å². The number of aryl methyl sites for hydroxylation is 1. The highest BCUT2D eigenvalue weighted by Crippen LogP contribution is 2.38. The molecule has 0 radical (unpaired) electrons. The minimum absolute atomic E-state index is 0.364. The summed E-state index contributed by atoms with van der Waals surface area (Å²) in [6.07, 6.45) is 5.04. The fourth-order valence-electron chi connectivity index (χ4n) is 4.91. The quantitative estimate of drug-likeness (QED) is 0.654. The van der Waals surface area contributed by atoms with E-state index in [-0.39, 0.29) is 0 Å². The first-order valence-corrected chi connectivity index (χ1v) is 10.5. The molecule has 148 valence electrons. The molecule has 0 aliphatic carbocycles. The molecule has 27 heavy (non-hydrogen) atoms. The molecule has 4 rings (SSSR count). The summed E-state index contributed by atoms with van der Waals surface area (Å²) in [7, 11) is 1.91. The second-order valence-corrected chi connectivity index (χ2v) is 8.57. The Morgan fingerprint density at radius 3 is 2.63 bits per heavy atom. The molecule has 3 fully saturated rings. The van der Waals surface area contributed by atoms with Crippen LogP contribution in [0.15, 0.2) is 29.3 Å². The lowest BCUT2D eigenvalue weighted by Gasteiger charge is -2.31. The van der Waals surface area contributed by atoms with E-state index >= 15 is 0 Å². The van der Waals surface area contributed by atoms with Gasteiger partial charge in [-0.25, -0.2) is 0 Å². The van der Waals surface area contributed by atoms with E-state index in [9.17, 15) is 0 Å². The van der Waals surface area contributed by atoms with Gasteiger partial charge in [0.25, 0.3) is 0 Å². The van der Waals surface area contributed by atoms with Gasteiger partial charge < -0.3 is 15.0 Å². The van der Waals surface area contributed by atoms with Crippen LogP contribution in [0, 0.1) is 12.3 Å². The number of ether oxygens (including phenoxy) is 1. The van der Waals surface area contributed by atoms with Crippen molar-refractivity contribution in [2.45, 2.75) is 38.6 Å². The maximum Gasteiger partial charge on any atom is 0.193 e. The van der Waals surface area contributed by atoms with Gasteiger partial charge in [-0.15, -0.1) is 0 Å². The zero-order valence-electron chi connectivity index (χ0n) is 16.9. The number of benzene rings is 1. The number of guanidine groups is 1. The molecule has 3 aliphatic rings. The maximum atomic E-state index is 5.68. The molecule has 0 bridgehead atoms. The van der Waals surface area contributed by atoms with Gasteiger partial charge in [0.15, 0.2) is 5.96 Å². The van der Waals surface area contributed by atoms with Gasteiger partial charge in [0.05, 0.1) is 12.6 Å². The number of aliphatic imine (C=N–C) groups is 1. The first kappa shape index (κ1) is 18.8. The number of hydrogen-bond acceptors (Lipinski definition) is 3. The van der Waals surface area contributed by atoms with Gasteiger partial charge in [-0.05, 0) is 51.3 Å². The van der Waals surface area contributed by atoms with Crippen LogP contribution in [0.5, 0.6) is 0 Å². The van der Waals surface area contributed by atoms with Crippen LogP contribution in [0.25, 0.3) is 0 Å².